The third-order valence-electron chi connectivity index (χ3n) is 5.64. The molecule has 2 heterocycles. The van der Waals surface area contributed by atoms with E-state index in [9.17, 15) is 19.5 Å². The average molecular weight is 447 g/mol. The van der Waals surface area contributed by atoms with Crippen LogP contribution in [0.5, 0.6) is 11.5 Å². The van der Waals surface area contributed by atoms with Gasteiger partial charge >= 0.3 is 6.09 Å². The van der Waals surface area contributed by atoms with Gasteiger partial charge in [0, 0.05) is 19.0 Å². The molecule has 1 fully saturated rings. The Morgan fingerprint density at radius 2 is 2.06 bits per heavy atom. The van der Waals surface area contributed by atoms with Crippen LogP contribution in [0.15, 0.2) is 24.8 Å². The molecule has 2 amide bonds. The average Bonchev–Trinajstić information content (AvgIpc) is 2.87. The van der Waals surface area contributed by atoms with Crippen LogP contribution in [0, 0.1) is 0 Å². The number of Topliss-reactive ketones (excluding diaryl/α,β-unsaturated/α-hetero) is 1. The van der Waals surface area contributed by atoms with Crippen LogP contribution < -0.4 is 14.4 Å². The van der Waals surface area contributed by atoms with E-state index in [4.69, 9.17) is 14.2 Å². The Balaban J connectivity index is 2.04. The summed E-state index contributed by atoms with van der Waals surface area (Å²) in [7, 11) is 1.46. The molecule has 9 heteroatoms. The molecule has 2 aliphatic rings. The third kappa shape index (κ3) is 4.88. The number of aliphatic hydroxyl groups is 1. The number of carbonyl (C=O) groups is 3. The molecule has 1 aromatic carbocycles. The molecule has 32 heavy (non-hydrogen) atoms. The summed E-state index contributed by atoms with van der Waals surface area (Å²) in [6.45, 7) is 5.76. The van der Waals surface area contributed by atoms with Crippen LogP contribution in [0.25, 0.3) is 0 Å². The number of benzene rings is 1. The third-order valence-corrected chi connectivity index (χ3v) is 5.64. The summed E-state index contributed by atoms with van der Waals surface area (Å²) in [6.07, 6.45) is 2.48. The Labute approximate surface area is 187 Å². The number of carbonyl (C=O) groups excluding carboxylic acids is 3. The van der Waals surface area contributed by atoms with Gasteiger partial charge in [0.25, 0.3) is 5.91 Å². The van der Waals surface area contributed by atoms with Gasteiger partial charge in [-0.15, -0.1) is 0 Å². The van der Waals surface area contributed by atoms with Gasteiger partial charge in [0.15, 0.2) is 17.7 Å². The summed E-state index contributed by atoms with van der Waals surface area (Å²) in [5.41, 5.74) is 0.408. The molecule has 0 saturated carbocycles. The number of ketones is 1. The van der Waals surface area contributed by atoms with Crippen molar-refractivity contribution in [1.29, 1.82) is 0 Å². The van der Waals surface area contributed by atoms with Gasteiger partial charge in [-0.2, -0.15) is 0 Å². The maximum atomic E-state index is 13.4. The van der Waals surface area contributed by atoms with Gasteiger partial charge in [-0.3, -0.25) is 4.79 Å². The van der Waals surface area contributed by atoms with Crippen molar-refractivity contribution in [3.63, 3.8) is 0 Å². The maximum absolute atomic E-state index is 13.4. The summed E-state index contributed by atoms with van der Waals surface area (Å²) < 4.78 is 16.5. The van der Waals surface area contributed by atoms with E-state index in [1.54, 1.807) is 4.90 Å². The summed E-state index contributed by atoms with van der Waals surface area (Å²) in [5.74, 6) is 0.397. The molecule has 0 aliphatic carbocycles. The molecule has 1 unspecified atom stereocenters. The second kappa shape index (κ2) is 10.5. The van der Waals surface area contributed by atoms with Gasteiger partial charge in [0.05, 0.1) is 31.0 Å². The van der Waals surface area contributed by atoms with Crippen molar-refractivity contribution >= 4 is 23.5 Å². The summed E-state index contributed by atoms with van der Waals surface area (Å²) in [6, 6.07) is 2.48. The normalized spacial score (nSPS) is 20.0. The standard InChI is InChI=1S/C23H30N2O7/c1-4-11-32-23(29)25-18-14-20(31-12-7-8-15(2)26)19(30-3)13-16(18)21(27)24-10-6-5-9-17(24)22(25)28/h4,13-14,17,22,28H,1,5-12H2,2-3H3/t17-,22?/m0/s1. The molecular weight excluding hydrogens is 416 g/mol. The highest BCUT2D eigenvalue weighted by molar-refractivity contribution is 6.05. The molecule has 174 valence electrons. The second-order valence-electron chi connectivity index (χ2n) is 7.89. The molecule has 0 radical (unpaired) electrons. The van der Waals surface area contributed by atoms with Crippen LogP contribution in [0.3, 0.4) is 0 Å². The molecule has 1 saturated heterocycles. The highest BCUT2D eigenvalue weighted by Crippen LogP contribution is 2.41. The first-order valence-electron chi connectivity index (χ1n) is 10.8. The van der Waals surface area contributed by atoms with Crippen molar-refractivity contribution in [3.05, 3.63) is 30.4 Å². The van der Waals surface area contributed by atoms with Crippen molar-refractivity contribution < 1.29 is 33.7 Å². The lowest BCUT2D eigenvalue weighted by Gasteiger charge is -2.38. The molecule has 9 nitrogen and oxygen atoms in total. The second-order valence-corrected chi connectivity index (χ2v) is 7.89. The van der Waals surface area contributed by atoms with Gasteiger partial charge in [0.2, 0.25) is 0 Å². The minimum atomic E-state index is -1.28. The zero-order valence-electron chi connectivity index (χ0n) is 18.5. The summed E-state index contributed by atoms with van der Waals surface area (Å²) >= 11 is 0. The number of methoxy groups -OCH3 is 1. The number of hydrogen-bond acceptors (Lipinski definition) is 7. The van der Waals surface area contributed by atoms with E-state index >= 15 is 0 Å². The quantitative estimate of drug-likeness (QED) is 0.483. The Hall–Kier alpha value is -3.07. The SMILES string of the molecule is C=CCOC(=O)N1c2cc(OCCCC(C)=O)c(OC)cc2C(=O)N2CCCC[C@H]2C1O. The van der Waals surface area contributed by atoms with Crippen LogP contribution >= 0.6 is 0 Å². The fraction of sp³-hybridized carbons (Fsp3) is 0.522. The van der Waals surface area contributed by atoms with E-state index < -0.39 is 18.4 Å². The first kappa shape index (κ1) is 23.6. The minimum Gasteiger partial charge on any atom is -0.493 e. The summed E-state index contributed by atoms with van der Waals surface area (Å²) in [5, 5.41) is 11.2. The minimum absolute atomic E-state index is 0.0374. The van der Waals surface area contributed by atoms with E-state index in [1.807, 2.05) is 0 Å². The molecule has 2 atom stereocenters. The number of anilines is 1. The molecule has 2 aliphatic heterocycles. The lowest BCUT2D eigenvalue weighted by molar-refractivity contribution is -0.117. The first-order valence-corrected chi connectivity index (χ1v) is 10.8. The fourth-order valence-corrected chi connectivity index (χ4v) is 4.09. The topological polar surface area (TPSA) is 106 Å². The zero-order chi connectivity index (χ0) is 23.3. The van der Waals surface area contributed by atoms with Crippen LogP contribution in [0.4, 0.5) is 10.5 Å². The number of piperidine rings is 1. The van der Waals surface area contributed by atoms with Crippen LogP contribution in [0.2, 0.25) is 0 Å². The van der Waals surface area contributed by atoms with Crippen LogP contribution in [-0.2, 0) is 9.53 Å². The Morgan fingerprint density at radius 3 is 2.75 bits per heavy atom. The van der Waals surface area contributed by atoms with Gasteiger partial charge < -0.3 is 29.0 Å². The van der Waals surface area contributed by atoms with Crippen molar-refractivity contribution in [2.24, 2.45) is 0 Å². The smallest absolute Gasteiger partial charge is 0.416 e. The van der Waals surface area contributed by atoms with Crippen molar-refractivity contribution in [3.8, 4) is 11.5 Å². The van der Waals surface area contributed by atoms with E-state index in [2.05, 4.69) is 6.58 Å². The van der Waals surface area contributed by atoms with E-state index in [0.717, 1.165) is 17.7 Å². The van der Waals surface area contributed by atoms with E-state index in [-0.39, 0.29) is 36.2 Å². The lowest BCUT2D eigenvalue weighted by Crippen LogP contribution is -2.55. The van der Waals surface area contributed by atoms with E-state index in [0.29, 0.717) is 37.3 Å². The Kier molecular flexibility index (Phi) is 7.74. The monoisotopic (exact) mass is 446 g/mol. The number of fused-ring (bicyclic) bond motifs is 2. The maximum Gasteiger partial charge on any atom is 0.416 e. The fourth-order valence-electron chi connectivity index (χ4n) is 4.09. The van der Waals surface area contributed by atoms with Gasteiger partial charge in [-0.1, -0.05) is 12.7 Å². The van der Waals surface area contributed by atoms with Crippen LogP contribution in [-0.4, -0.2) is 66.9 Å². The Morgan fingerprint density at radius 1 is 1.28 bits per heavy atom. The predicted octanol–water partition coefficient (Wildman–Crippen LogP) is 2.90. The number of ether oxygens (including phenoxy) is 3. The van der Waals surface area contributed by atoms with Crippen LogP contribution in [0.1, 0.15) is 49.4 Å². The molecule has 3 rings (SSSR count). The highest BCUT2D eigenvalue weighted by atomic mass is 16.6. The number of rotatable bonds is 8. The number of amides is 2. The van der Waals surface area contributed by atoms with Gasteiger partial charge in [0.1, 0.15) is 12.4 Å². The zero-order valence-corrected chi connectivity index (χ0v) is 18.5. The van der Waals surface area contributed by atoms with E-state index in [1.165, 1.54) is 32.2 Å². The predicted molar refractivity (Wildman–Crippen MR) is 117 cm³/mol. The number of nitrogens with zero attached hydrogens (tertiary/aromatic N) is 2. The lowest BCUT2D eigenvalue weighted by atomic mass is 10.0. The molecule has 0 spiro atoms. The van der Waals surface area contributed by atoms with Gasteiger partial charge in [-0.25, -0.2) is 9.69 Å². The highest BCUT2D eigenvalue weighted by Gasteiger charge is 2.44. The van der Waals surface area contributed by atoms with Crippen molar-refractivity contribution in [1.82, 2.24) is 4.90 Å². The Bertz CT molecular complexity index is 885. The largest absolute Gasteiger partial charge is 0.493 e. The first-order chi connectivity index (χ1) is 15.4. The number of aliphatic hydroxyl groups excluding tert-OH is 1. The number of hydrogen-bond donors (Lipinski definition) is 1. The van der Waals surface area contributed by atoms with Crippen molar-refractivity contribution in [2.45, 2.75) is 51.3 Å². The van der Waals surface area contributed by atoms with Crippen molar-refractivity contribution in [2.75, 3.05) is 31.8 Å². The molecule has 1 N–H and O–H groups in total. The molecule has 0 aromatic heterocycles. The molecule has 1 aromatic rings. The molecule has 0 bridgehead atoms. The summed E-state index contributed by atoms with van der Waals surface area (Å²) in [4.78, 5) is 40.2. The molecular formula is C23H30N2O7. The van der Waals surface area contributed by atoms with Gasteiger partial charge in [-0.05, 0) is 38.7 Å².